The smallest absolute Gasteiger partial charge is 0.237 e. The summed E-state index contributed by atoms with van der Waals surface area (Å²) in [5, 5.41) is 0. The van der Waals surface area contributed by atoms with Crippen molar-refractivity contribution in [3.05, 3.63) is 0 Å². The molecular formula is C9H17N3O2. The molecule has 0 spiro atoms. The summed E-state index contributed by atoms with van der Waals surface area (Å²) in [4.78, 5) is 25.8. The molecule has 1 rings (SSSR count). The first-order valence-electron chi connectivity index (χ1n) is 4.81. The molecule has 0 aromatic carbocycles. The summed E-state index contributed by atoms with van der Waals surface area (Å²) in [6.45, 7) is 5.96. The third-order valence-corrected chi connectivity index (χ3v) is 2.43. The minimum atomic E-state index is -0.448. The van der Waals surface area contributed by atoms with Crippen LogP contribution in [0, 0.1) is 0 Å². The van der Waals surface area contributed by atoms with E-state index in [-0.39, 0.29) is 12.5 Å². The topological polar surface area (TPSA) is 66.6 Å². The van der Waals surface area contributed by atoms with Crippen molar-refractivity contribution in [1.82, 2.24) is 9.80 Å². The SMILES string of the molecule is CC(C)N1CCN(CC(N)=O)C(=O)C1. The molecule has 0 unspecified atom stereocenters. The largest absolute Gasteiger partial charge is 0.368 e. The van der Waals surface area contributed by atoms with E-state index in [0.717, 1.165) is 6.54 Å². The van der Waals surface area contributed by atoms with Crippen molar-refractivity contribution in [2.24, 2.45) is 5.73 Å². The van der Waals surface area contributed by atoms with Gasteiger partial charge in [0.25, 0.3) is 0 Å². The Hall–Kier alpha value is -1.10. The van der Waals surface area contributed by atoms with E-state index in [0.29, 0.717) is 19.1 Å². The third kappa shape index (κ3) is 2.70. The van der Waals surface area contributed by atoms with Gasteiger partial charge in [-0.2, -0.15) is 0 Å². The van der Waals surface area contributed by atoms with Crippen molar-refractivity contribution in [3.8, 4) is 0 Å². The van der Waals surface area contributed by atoms with Gasteiger partial charge in [-0.1, -0.05) is 0 Å². The highest BCUT2D eigenvalue weighted by Gasteiger charge is 2.25. The van der Waals surface area contributed by atoms with Crippen LogP contribution in [0.15, 0.2) is 0 Å². The fourth-order valence-electron chi connectivity index (χ4n) is 1.52. The molecule has 1 heterocycles. The molecule has 0 saturated carbocycles. The number of nitrogens with zero attached hydrogens (tertiary/aromatic N) is 2. The summed E-state index contributed by atoms with van der Waals surface area (Å²) < 4.78 is 0. The van der Waals surface area contributed by atoms with Gasteiger partial charge in [-0.05, 0) is 13.8 Å². The zero-order valence-electron chi connectivity index (χ0n) is 8.69. The van der Waals surface area contributed by atoms with Gasteiger partial charge in [0.1, 0.15) is 0 Å². The Morgan fingerprint density at radius 3 is 2.57 bits per heavy atom. The van der Waals surface area contributed by atoms with Crippen molar-refractivity contribution in [3.63, 3.8) is 0 Å². The Morgan fingerprint density at radius 1 is 1.50 bits per heavy atom. The molecule has 0 atom stereocenters. The van der Waals surface area contributed by atoms with Gasteiger partial charge in [0.2, 0.25) is 11.8 Å². The summed E-state index contributed by atoms with van der Waals surface area (Å²) in [6, 6.07) is 0.370. The lowest BCUT2D eigenvalue weighted by molar-refractivity contribution is -0.140. The Morgan fingerprint density at radius 2 is 2.14 bits per heavy atom. The van der Waals surface area contributed by atoms with Crippen molar-refractivity contribution < 1.29 is 9.59 Å². The highest BCUT2D eigenvalue weighted by Crippen LogP contribution is 2.06. The molecule has 0 bridgehead atoms. The van der Waals surface area contributed by atoms with Crippen LogP contribution < -0.4 is 5.73 Å². The van der Waals surface area contributed by atoms with Crippen LogP contribution in [-0.2, 0) is 9.59 Å². The molecular weight excluding hydrogens is 182 g/mol. The lowest BCUT2D eigenvalue weighted by Crippen LogP contribution is -2.54. The first-order chi connectivity index (χ1) is 6.50. The maximum Gasteiger partial charge on any atom is 0.237 e. The molecule has 1 saturated heterocycles. The van der Waals surface area contributed by atoms with Crippen LogP contribution in [0.4, 0.5) is 0 Å². The molecule has 2 amide bonds. The molecule has 14 heavy (non-hydrogen) atoms. The third-order valence-electron chi connectivity index (χ3n) is 2.43. The highest BCUT2D eigenvalue weighted by molar-refractivity contribution is 5.85. The van der Waals surface area contributed by atoms with Gasteiger partial charge in [-0.3, -0.25) is 14.5 Å². The summed E-state index contributed by atoms with van der Waals surface area (Å²) >= 11 is 0. The molecule has 5 heteroatoms. The van der Waals surface area contributed by atoms with Crippen LogP contribution in [-0.4, -0.2) is 53.8 Å². The zero-order valence-corrected chi connectivity index (χ0v) is 8.69. The van der Waals surface area contributed by atoms with Gasteiger partial charge in [0.15, 0.2) is 0 Å². The summed E-state index contributed by atoms with van der Waals surface area (Å²) in [7, 11) is 0. The number of primary amides is 1. The van der Waals surface area contributed by atoms with E-state index in [9.17, 15) is 9.59 Å². The summed E-state index contributed by atoms with van der Waals surface area (Å²) in [6.07, 6.45) is 0. The van der Waals surface area contributed by atoms with Crippen LogP contribution >= 0.6 is 0 Å². The number of rotatable bonds is 3. The molecule has 1 fully saturated rings. The molecule has 1 aliphatic heterocycles. The average molecular weight is 199 g/mol. The van der Waals surface area contributed by atoms with Crippen LogP contribution in [0.25, 0.3) is 0 Å². The fraction of sp³-hybridized carbons (Fsp3) is 0.778. The van der Waals surface area contributed by atoms with E-state index in [1.54, 1.807) is 0 Å². The number of piperazine rings is 1. The minimum Gasteiger partial charge on any atom is -0.368 e. The Balaban J connectivity index is 2.48. The van der Waals surface area contributed by atoms with Gasteiger partial charge >= 0.3 is 0 Å². The first-order valence-corrected chi connectivity index (χ1v) is 4.81. The van der Waals surface area contributed by atoms with E-state index in [1.165, 1.54) is 4.90 Å². The molecule has 0 radical (unpaired) electrons. The monoisotopic (exact) mass is 199 g/mol. The number of carbonyl (C=O) groups excluding carboxylic acids is 2. The number of amides is 2. The molecule has 1 aliphatic rings. The van der Waals surface area contributed by atoms with Crippen molar-refractivity contribution in [2.45, 2.75) is 19.9 Å². The Bertz CT molecular complexity index is 240. The highest BCUT2D eigenvalue weighted by atomic mass is 16.2. The quantitative estimate of drug-likeness (QED) is 0.635. The molecule has 5 nitrogen and oxygen atoms in total. The molecule has 0 aromatic rings. The van der Waals surface area contributed by atoms with Crippen LogP contribution in [0.1, 0.15) is 13.8 Å². The van der Waals surface area contributed by atoms with E-state index in [2.05, 4.69) is 18.7 Å². The van der Waals surface area contributed by atoms with Crippen LogP contribution in [0.5, 0.6) is 0 Å². The number of carbonyl (C=O) groups is 2. The van der Waals surface area contributed by atoms with E-state index < -0.39 is 5.91 Å². The lowest BCUT2D eigenvalue weighted by Gasteiger charge is -2.35. The predicted molar refractivity (Wildman–Crippen MR) is 52.5 cm³/mol. The predicted octanol–water partition coefficient (Wildman–Crippen LogP) is -0.976. The van der Waals surface area contributed by atoms with E-state index in [4.69, 9.17) is 5.73 Å². The molecule has 0 aliphatic carbocycles. The van der Waals surface area contributed by atoms with Crippen LogP contribution in [0.3, 0.4) is 0 Å². The first kappa shape index (κ1) is 11.0. The lowest BCUT2D eigenvalue weighted by atomic mass is 10.2. The van der Waals surface area contributed by atoms with Crippen LogP contribution in [0.2, 0.25) is 0 Å². The number of hydrogen-bond donors (Lipinski definition) is 1. The van der Waals surface area contributed by atoms with Gasteiger partial charge in [-0.25, -0.2) is 0 Å². The molecule has 2 N–H and O–H groups in total. The summed E-state index contributed by atoms with van der Waals surface area (Å²) in [5.41, 5.74) is 5.03. The second-order valence-corrected chi connectivity index (χ2v) is 3.85. The maximum atomic E-state index is 11.5. The second-order valence-electron chi connectivity index (χ2n) is 3.85. The van der Waals surface area contributed by atoms with Gasteiger partial charge in [0.05, 0.1) is 13.1 Å². The van der Waals surface area contributed by atoms with E-state index >= 15 is 0 Å². The second kappa shape index (κ2) is 4.41. The molecule has 80 valence electrons. The maximum absolute atomic E-state index is 11.5. The number of hydrogen-bond acceptors (Lipinski definition) is 3. The van der Waals surface area contributed by atoms with Crippen molar-refractivity contribution in [2.75, 3.05) is 26.2 Å². The van der Waals surface area contributed by atoms with Gasteiger partial charge in [0, 0.05) is 19.1 Å². The average Bonchev–Trinajstić information content (AvgIpc) is 2.07. The standard InChI is InChI=1S/C9H17N3O2/c1-7(2)11-3-4-12(5-8(10)13)9(14)6-11/h7H,3-6H2,1-2H3,(H2,10,13). The Labute approximate surface area is 83.8 Å². The number of nitrogens with two attached hydrogens (primary N) is 1. The van der Waals surface area contributed by atoms with Gasteiger partial charge < -0.3 is 10.6 Å². The normalized spacial score (nSPS) is 19.1. The zero-order chi connectivity index (χ0) is 10.7. The minimum absolute atomic E-state index is 0.0104. The summed E-state index contributed by atoms with van der Waals surface area (Å²) in [5.74, 6) is -0.458. The van der Waals surface area contributed by atoms with Crippen molar-refractivity contribution >= 4 is 11.8 Å². The van der Waals surface area contributed by atoms with Gasteiger partial charge in [-0.15, -0.1) is 0 Å². The molecule has 0 aromatic heterocycles. The van der Waals surface area contributed by atoms with E-state index in [1.807, 2.05) is 0 Å². The van der Waals surface area contributed by atoms with Crippen molar-refractivity contribution in [1.29, 1.82) is 0 Å². The Kier molecular flexibility index (Phi) is 3.46. The fourth-order valence-corrected chi connectivity index (χ4v) is 1.52.